The summed E-state index contributed by atoms with van der Waals surface area (Å²) in [6.07, 6.45) is 2.25. The second kappa shape index (κ2) is 7.48. The van der Waals surface area contributed by atoms with Gasteiger partial charge in [-0.2, -0.15) is 0 Å². The van der Waals surface area contributed by atoms with E-state index in [1.165, 1.54) is 5.56 Å². The van der Waals surface area contributed by atoms with Crippen LogP contribution in [0, 0.1) is 18.3 Å². The molecule has 0 radical (unpaired) electrons. The van der Waals surface area contributed by atoms with E-state index in [9.17, 15) is 4.79 Å². The molecule has 2 aromatic rings. The van der Waals surface area contributed by atoms with Crippen LogP contribution in [0.4, 0.5) is 0 Å². The fourth-order valence-electron chi connectivity index (χ4n) is 4.31. The second-order valence-electron chi connectivity index (χ2n) is 7.29. The van der Waals surface area contributed by atoms with Gasteiger partial charge in [-0.1, -0.05) is 30.3 Å². The van der Waals surface area contributed by atoms with Crippen LogP contribution in [-0.4, -0.2) is 37.0 Å². The van der Waals surface area contributed by atoms with Crippen LogP contribution in [0.2, 0.25) is 0 Å². The molecule has 0 bridgehead atoms. The van der Waals surface area contributed by atoms with Crippen molar-refractivity contribution in [3.05, 3.63) is 57.8 Å². The highest BCUT2D eigenvalue weighted by molar-refractivity contribution is 7.12. The maximum atomic E-state index is 12.9. The van der Waals surface area contributed by atoms with E-state index >= 15 is 0 Å². The molecule has 0 spiro atoms. The van der Waals surface area contributed by atoms with E-state index in [0.29, 0.717) is 5.92 Å². The van der Waals surface area contributed by atoms with E-state index in [0.717, 1.165) is 49.5 Å². The van der Waals surface area contributed by atoms with Crippen molar-refractivity contribution in [3.8, 4) is 0 Å². The molecule has 134 valence electrons. The summed E-state index contributed by atoms with van der Waals surface area (Å²) in [6.45, 7) is 5.92. The number of carbonyl (C=O) groups is 1. The summed E-state index contributed by atoms with van der Waals surface area (Å²) in [7, 11) is 0. The molecule has 0 aliphatic carbocycles. The fourth-order valence-corrected chi connectivity index (χ4v) is 5.20. The van der Waals surface area contributed by atoms with E-state index < -0.39 is 0 Å². The molecule has 2 fully saturated rings. The maximum Gasteiger partial charge on any atom is 0.264 e. The molecule has 1 amide bonds. The number of hydrogen-bond donors (Lipinski definition) is 1. The normalized spacial score (nSPS) is 24.8. The van der Waals surface area contributed by atoms with Gasteiger partial charge in [0, 0.05) is 31.6 Å². The number of thiophene rings is 1. The van der Waals surface area contributed by atoms with Crippen LogP contribution in [0.1, 0.15) is 27.2 Å². The quantitative estimate of drug-likeness (QED) is 0.880. The molecule has 2 saturated heterocycles. The van der Waals surface area contributed by atoms with Gasteiger partial charge in [0.2, 0.25) is 0 Å². The molecule has 4 rings (SSSR count). The zero-order valence-corrected chi connectivity index (χ0v) is 16.2. The summed E-state index contributed by atoms with van der Waals surface area (Å²) in [5.41, 5.74) is 2.76. The summed E-state index contributed by atoms with van der Waals surface area (Å²) in [5, 5.41) is 5.59. The predicted octanol–water partition coefficient (Wildman–Crippen LogP) is 3.77. The van der Waals surface area contributed by atoms with Crippen LogP contribution in [0.3, 0.4) is 0 Å². The molecule has 2 atom stereocenters. The third-order valence-corrected chi connectivity index (χ3v) is 6.78. The molecule has 1 aromatic heterocycles. The standard InChI is InChI=1S/C20H24N2OS.ClH/c1-15-8-10-24-18(15)19(23)22-12-17-11-21-13-20(17,14-22)9-7-16-5-3-2-4-6-16;/h2-6,8,10,17,21H,7,9,11-14H2,1H3;1H. The largest absolute Gasteiger partial charge is 0.337 e. The highest BCUT2D eigenvalue weighted by Crippen LogP contribution is 2.43. The van der Waals surface area contributed by atoms with Gasteiger partial charge in [-0.15, -0.1) is 23.7 Å². The van der Waals surface area contributed by atoms with E-state index in [1.54, 1.807) is 11.3 Å². The number of halogens is 1. The molecule has 1 aromatic carbocycles. The highest BCUT2D eigenvalue weighted by Gasteiger charge is 2.50. The van der Waals surface area contributed by atoms with Crippen LogP contribution in [0.25, 0.3) is 0 Å². The monoisotopic (exact) mass is 376 g/mol. The first-order valence-electron chi connectivity index (χ1n) is 8.76. The zero-order valence-electron chi connectivity index (χ0n) is 14.5. The molecule has 2 aliphatic heterocycles. The number of nitrogens with zero attached hydrogens (tertiary/aromatic N) is 1. The number of fused-ring (bicyclic) bond motifs is 1. The van der Waals surface area contributed by atoms with E-state index in [2.05, 4.69) is 40.5 Å². The van der Waals surface area contributed by atoms with Crippen molar-refractivity contribution in [2.45, 2.75) is 19.8 Å². The van der Waals surface area contributed by atoms with Gasteiger partial charge in [-0.05, 0) is 48.3 Å². The molecular formula is C20H25ClN2OS. The summed E-state index contributed by atoms with van der Waals surface area (Å²) in [5.74, 6) is 0.821. The average molecular weight is 377 g/mol. The maximum absolute atomic E-state index is 12.9. The molecule has 3 heterocycles. The van der Waals surface area contributed by atoms with Crippen molar-refractivity contribution in [2.75, 3.05) is 26.2 Å². The predicted molar refractivity (Wildman–Crippen MR) is 106 cm³/mol. The molecule has 1 N–H and O–H groups in total. The first-order valence-corrected chi connectivity index (χ1v) is 9.64. The van der Waals surface area contributed by atoms with Gasteiger partial charge < -0.3 is 10.2 Å². The Hall–Kier alpha value is -1.36. The van der Waals surface area contributed by atoms with Gasteiger partial charge in [-0.25, -0.2) is 0 Å². The van der Waals surface area contributed by atoms with Crippen molar-refractivity contribution in [1.82, 2.24) is 10.2 Å². The third-order valence-electron chi connectivity index (χ3n) is 5.78. The van der Waals surface area contributed by atoms with E-state index in [4.69, 9.17) is 0 Å². The lowest BCUT2D eigenvalue weighted by Gasteiger charge is -2.28. The van der Waals surface area contributed by atoms with E-state index in [1.807, 2.05) is 18.4 Å². The lowest BCUT2D eigenvalue weighted by atomic mass is 9.76. The molecule has 3 nitrogen and oxygen atoms in total. The summed E-state index contributed by atoms with van der Waals surface area (Å²) >= 11 is 1.57. The average Bonchev–Trinajstić information content (AvgIpc) is 3.27. The number of nitrogens with one attached hydrogen (secondary N) is 1. The Morgan fingerprint density at radius 2 is 2.12 bits per heavy atom. The van der Waals surface area contributed by atoms with Gasteiger partial charge in [0.05, 0.1) is 4.88 Å². The number of likely N-dealkylation sites (tertiary alicyclic amines) is 1. The summed E-state index contributed by atoms with van der Waals surface area (Å²) in [4.78, 5) is 15.9. The fraction of sp³-hybridized carbons (Fsp3) is 0.450. The number of amides is 1. The zero-order chi connectivity index (χ0) is 16.6. The van der Waals surface area contributed by atoms with Crippen LogP contribution < -0.4 is 5.32 Å². The van der Waals surface area contributed by atoms with Gasteiger partial charge >= 0.3 is 0 Å². The minimum Gasteiger partial charge on any atom is -0.337 e. The Balaban J connectivity index is 0.00000182. The smallest absolute Gasteiger partial charge is 0.264 e. The Kier molecular flexibility index (Phi) is 5.52. The van der Waals surface area contributed by atoms with Crippen molar-refractivity contribution in [1.29, 1.82) is 0 Å². The number of carbonyl (C=O) groups excluding carboxylic acids is 1. The molecular weight excluding hydrogens is 352 g/mol. The van der Waals surface area contributed by atoms with Crippen molar-refractivity contribution < 1.29 is 4.79 Å². The topological polar surface area (TPSA) is 32.3 Å². The number of hydrogen-bond acceptors (Lipinski definition) is 3. The van der Waals surface area contributed by atoms with E-state index in [-0.39, 0.29) is 23.7 Å². The van der Waals surface area contributed by atoms with Crippen LogP contribution in [-0.2, 0) is 6.42 Å². The molecule has 25 heavy (non-hydrogen) atoms. The Labute approximate surface area is 159 Å². The van der Waals surface area contributed by atoms with Crippen molar-refractivity contribution >= 4 is 29.7 Å². The van der Waals surface area contributed by atoms with Crippen molar-refractivity contribution in [2.24, 2.45) is 11.3 Å². The summed E-state index contributed by atoms with van der Waals surface area (Å²) < 4.78 is 0. The summed E-state index contributed by atoms with van der Waals surface area (Å²) in [6, 6.07) is 12.8. The molecule has 2 unspecified atom stereocenters. The second-order valence-corrected chi connectivity index (χ2v) is 8.21. The van der Waals surface area contributed by atoms with Gasteiger partial charge in [0.25, 0.3) is 5.91 Å². The molecule has 2 aliphatic rings. The van der Waals surface area contributed by atoms with Crippen LogP contribution >= 0.6 is 23.7 Å². The van der Waals surface area contributed by atoms with Gasteiger partial charge in [0.1, 0.15) is 0 Å². The first-order chi connectivity index (χ1) is 11.7. The third kappa shape index (κ3) is 3.48. The van der Waals surface area contributed by atoms with Crippen molar-refractivity contribution in [3.63, 3.8) is 0 Å². The number of benzene rings is 1. The lowest BCUT2D eigenvalue weighted by Crippen LogP contribution is -2.36. The number of aryl methyl sites for hydroxylation is 2. The first kappa shape index (κ1) is 18.4. The van der Waals surface area contributed by atoms with Gasteiger partial charge in [-0.3, -0.25) is 4.79 Å². The lowest BCUT2D eigenvalue weighted by molar-refractivity contribution is 0.0773. The highest BCUT2D eigenvalue weighted by atomic mass is 35.5. The Morgan fingerprint density at radius 3 is 2.84 bits per heavy atom. The van der Waals surface area contributed by atoms with Crippen LogP contribution in [0.15, 0.2) is 41.8 Å². The number of rotatable bonds is 4. The minimum atomic E-state index is 0. The molecule has 0 saturated carbocycles. The SMILES string of the molecule is Cc1ccsc1C(=O)N1CC2CNCC2(CCc2ccccc2)C1.Cl. The Bertz CT molecular complexity index is 732. The van der Waals surface area contributed by atoms with Gasteiger partial charge in [0.15, 0.2) is 0 Å². The Morgan fingerprint density at radius 1 is 1.32 bits per heavy atom. The minimum absolute atomic E-state index is 0. The van der Waals surface area contributed by atoms with Crippen LogP contribution in [0.5, 0.6) is 0 Å². The molecule has 5 heteroatoms.